The molecule has 0 aromatic carbocycles. The molecule has 1 amide bonds. The van der Waals surface area contributed by atoms with Crippen LogP contribution < -0.4 is 5.32 Å². The molecule has 2 fully saturated rings. The van der Waals surface area contributed by atoms with Gasteiger partial charge >= 0.3 is 0 Å². The number of nitrogens with one attached hydrogen (secondary N) is 1. The first kappa shape index (κ1) is 14.8. The van der Waals surface area contributed by atoms with Crippen LogP contribution in [-0.2, 0) is 9.53 Å². The summed E-state index contributed by atoms with van der Waals surface area (Å²) in [4.78, 5) is 15.0. The Balaban J connectivity index is 2.19. The highest BCUT2D eigenvalue weighted by molar-refractivity contribution is 5.89. The smallest absolute Gasteiger partial charge is 0.244 e. The van der Waals surface area contributed by atoms with Gasteiger partial charge in [0.1, 0.15) is 0 Å². The minimum absolute atomic E-state index is 0.204. The van der Waals surface area contributed by atoms with Crippen molar-refractivity contribution in [2.75, 3.05) is 13.7 Å². The average molecular weight is 268 g/mol. The van der Waals surface area contributed by atoms with E-state index in [2.05, 4.69) is 24.1 Å². The molecule has 2 atom stereocenters. The largest absolute Gasteiger partial charge is 0.383 e. The molecule has 1 N–H and O–H groups in total. The molecule has 4 heteroatoms. The van der Waals surface area contributed by atoms with Crippen LogP contribution in [0.2, 0.25) is 0 Å². The van der Waals surface area contributed by atoms with Crippen molar-refractivity contribution in [2.45, 2.75) is 76.5 Å². The van der Waals surface area contributed by atoms with Crippen molar-refractivity contribution in [1.29, 1.82) is 0 Å². The Morgan fingerprint density at radius 3 is 2.63 bits per heavy atom. The number of ether oxygens (including phenoxy) is 1. The molecule has 0 radical (unpaired) electrons. The van der Waals surface area contributed by atoms with Gasteiger partial charge in [0.2, 0.25) is 5.91 Å². The van der Waals surface area contributed by atoms with E-state index >= 15 is 0 Å². The number of nitrogens with zero attached hydrogens (tertiary/aromatic N) is 1. The molecule has 110 valence electrons. The first-order chi connectivity index (χ1) is 9.18. The first-order valence-corrected chi connectivity index (χ1v) is 7.78. The van der Waals surface area contributed by atoms with Crippen molar-refractivity contribution in [3.8, 4) is 0 Å². The van der Waals surface area contributed by atoms with Crippen molar-refractivity contribution in [3.05, 3.63) is 0 Å². The zero-order valence-electron chi connectivity index (χ0n) is 12.6. The molecule has 1 aliphatic carbocycles. The van der Waals surface area contributed by atoms with Gasteiger partial charge in [0.25, 0.3) is 0 Å². The third-order valence-corrected chi connectivity index (χ3v) is 4.67. The topological polar surface area (TPSA) is 41.6 Å². The van der Waals surface area contributed by atoms with E-state index in [0.29, 0.717) is 12.5 Å². The fourth-order valence-corrected chi connectivity index (χ4v) is 3.67. The predicted octanol–water partition coefficient (Wildman–Crippen LogP) is 2.28. The second kappa shape index (κ2) is 6.23. The zero-order chi connectivity index (χ0) is 13.9. The second-order valence-corrected chi connectivity index (χ2v) is 5.97. The van der Waals surface area contributed by atoms with E-state index in [1.54, 1.807) is 7.11 Å². The van der Waals surface area contributed by atoms with Crippen molar-refractivity contribution in [3.63, 3.8) is 0 Å². The molecule has 2 unspecified atom stereocenters. The number of hydrogen-bond acceptors (Lipinski definition) is 3. The molecule has 1 saturated carbocycles. The van der Waals surface area contributed by atoms with Gasteiger partial charge in [-0.05, 0) is 25.7 Å². The maximum Gasteiger partial charge on any atom is 0.244 e. The molecule has 0 aromatic rings. The van der Waals surface area contributed by atoms with Crippen molar-refractivity contribution >= 4 is 5.91 Å². The van der Waals surface area contributed by atoms with E-state index < -0.39 is 0 Å². The highest BCUT2D eigenvalue weighted by Gasteiger charge is 2.53. The fourth-order valence-electron chi connectivity index (χ4n) is 3.67. The van der Waals surface area contributed by atoms with Crippen molar-refractivity contribution < 1.29 is 9.53 Å². The highest BCUT2D eigenvalue weighted by atomic mass is 16.5. The first-order valence-electron chi connectivity index (χ1n) is 7.78. The number of carbonyl (C=O) groups excluding carboxylic acids is 1. The standard InChI is InChI=1S/C15H28N2O2/c1-4-8-13-16-15(9-6-7-10-15)14(18)17(13)12(5-2)11-19-3/h12-13,16H,4-11H2,1-3H3. The second-order valence-electron chi connectivity index (χ2n) is 5.97. The number of carbonyl (C=O) groups is 1. The Morgan fingerprint density at radius 1 is 1.42 bits per heavy atom. The molecule has 0 bridgehead atoms. The molecular formula is C15H28N2O2. The summed E-state index contributed by atoms with van der Waals surface area (Å²) in [5.74, 6) is 0.326. The lowest BCUT2D eigenvalue weighted by Crippen LogP contribution is -2.47. The van der Waals surface area contributed by atoms with Crippen LogP contribution in [0.1, 0.15) is 58.8 Å². The van der Waals surface area contributed by atoms with Crippen LogP contribution in [0.5, 0.6) is 0 Å². The van der Waals surface area contributed by atoms with Gasteiger partial charge in [0.15, 0.2) is 0 Å². The predicted molar refractivity (Wildman–Crippen MR) is 75.8 cm³/mol. The molecule has 2 aliphatic rings. The SMILES string of the molecule is CCCC1NC2(CCCC2)C(=O)N1C(CC)COC. The normalized spacial score (nSPS) is 27.4. The lowest BCUT2D eigenvalue weighted by molar-refractivity contribution is -0.136. The van der Waals surface area contributed by atoms with E-state index in [4.69, 9.17) is 4.74 Å². The van der Waals surface area contributed by atoms with Gasteiger partial charge in [-0.2, -0.15) is 0 Å². The lowest BCUT2D eigenvalue weighted by atomic mass is 9.97. The highest BCUT2D eigenvalue weighted by Crippen LogP contribution is 2.38. The number of methoxy groups -OCH3 is 1. The van der Waals surface area contributed by atoms with Crippen LogP contribution in [0.4, 0.5) is 0 Å². The third kappa shape index (κ3) is 2.65. The van der Waals surface area contributed by atoms with Gasteiger partial charge in [0.05, 0.1) is 24.4 Å². The Bertz CT molecular complexity index is 313. The maximum absolute atomic E-state index is 12.9. The van der Waals surface area contributed by atoms with Crippen LogP contribution in [0.25, 0.3) is 0 Å². The van der Waals surface area contributed by atoms with Gasteiger partial charge in [-0.1, -0.05) is 33.1 Å². The number of hydrogen-bond donors (Lipinski definition) is 1. The minimum atomic E-state index is -0.249. The molecule has 4 nitrogen and oxygen atoms in total. The molecule has 19 heavy (non-hydrogen) atoms. The Kier molecular flexibility index (Phi) is 4.85. The van der Waals surface area contributed by atoms with Crippen molar-refractivity contribution in [1.82, 2.24) is 10.2 Å². The Labute approximate surface area is 116 Å². The van der Waals surface area contributed by atoms with Gasteiger partial charge in [0, 0.05) is 7.11 Å². The molecule has 1 aliphatic heterocycles. The van der Waals surface area contributed by atoms with Crippen LogP contribution in [0.3, 0.4) is 0 Å². The summed E-state index contributed by atoms with van der Waals surface area (Å²) in [6, 6.07) is 0.210. The Hall–Kier alpha value is -0.610. The van der Waals surface area contributed by atoms with E-state index in [1.807, 2.05) is 0 Å². The molecule has 0 aromatic heterocycles. The summed E-state index contributed by atoms with van der Waals surface area (Å²) < 4.78 is 5.31. The number of amides is 1. The lowest BCUT2D eigenvalue weighted by Gasteiger charge is -2.31. The molecule has 1 spiro atoms. The summed E-state index contributed by atoms with van der Waals surface area (Å²) in [7, 11) is 1.72. The Morgan fingerprint density at radius 2 is 2.11 bits per heavy atom. The fraction of sp³-hybridized carbons (Fsp3) is 0.933. The number of rotatable bonds is 6. The summed E-state index contributed by atoms with van der Waals surface area (Å²) >= 11 is 0. The van der Waals surface area contributed by atoms with E-state index in [-0.39, 0.29) is 17.7 Å². The van der Waals surface area contributed by atoms with Crippen LogP contribution in [0, 0.1) is 0 Å². The van der Waals surface area contributed by atoms with E-state index in [0.717, 1.165) is 32.1 Å². The van der Waals surface area contributed by atoms with Crippen LogP contribution in [0.15, 0.2) is 0 Å². The molecule has 1 heterocycles. The summed E-state index contributed by atoms with van der Waals surface area (Å²) in [6.45, 7) is 4.96. The van der Waals surface area contributed by atoms with Crippen LogP contribution in [-0.4, -0.2) is 42.3 Å². The van der Waals surface area contributed by atoms with Crippen LogP contribution >= 0.6 is 0 Å². The van der Waals surface area contributed by atoms with Gasteiger partial charge in [-0.25, -0.2) is 0 Å². The third-order valence-electron chi connectivity index (χ3n) is 4.67. The molecule has 2 rings (SSSR count). The summed E-state index contributed by atoms with van der Waals surface area (Å²) in [5.41, 5.74) is -0.249. The van der Waals surface area contributed by atoms with E-state index in [9.17, 15) is 4.79 Å². The quantitative estimate of drug-likeness (QED) is 0.803. The van der Waals surface area contributed by atoms with Gasteiger partial charge < -0.3 is 9.64 Å². The maximum atomic E-state index is 12.9. The zero-order valence-corrected chi connectivity index (χ0v) is 12.6. The summed E-state index contributed by atoms with van der Waals surface area (Å²) in [5, 5.41) is 3.66. The monoisotopic (exact) mass is 268 g/mol. The van der Waals surface area contributed by atoms with E-state index in [1.165, 1.54) is 12.8 Å². The average Bonchev–Trinajstić information content (AvgIpc) is 2.96. The molecule has 1 saturated heterocycles. The molecular weight excluding hydrogens is 240 g/mol. The van der Waals surface area contributed by atoms with Gasteiger partial charge in [-0.3, -0.25) is 10.1 Å². The van der Waals surface area contributed by atoms with Gasteiger partial charge in [-0.15, -0.1) is 0 Å². The minimum Gasteiger partial charge on any atom is -0.383 e. The van der Waals surface area contributed by atoms with Crippen molar-refractivity contribution in [2.24, 2.45) is 0 Å². The summed E-state index contributed by atoms with van der Waals surface area (Å²) in [6.07, 6.45) is 7.65.